The molecule has 0 radical (unpaired) electrons. The Bertz CT molecular complexity index is 869. The van der Waals surface area contributed by atoms with Gasteiger partial charge in [0, 0.05) is 28.2 Å². The zero-order chi connectivity index (χ0) is 19.8. The fourth-order valence-electron chi connectivity index (χ4n) is 2.54. The molecule has 8 heteroatoms. The van der Waals surface area contributed by atoms with Crippen LogP contribution < -0.4 is 0 Å². The molecule has 0 aliphatic heterocycles. The summed E-state index contributed by atoms with van der Waals surface area (Å²) in [7, 11) is 5.94. The van der Waals surface area contributed by atoms with Gasteiger partial charge in [-0.15, -0.1) is 0 Å². The summed E-state index contributed by atoms with van der Waals surface area (Å²) >= 11 is 0. The monoisotopic (exact) mass is 358 g/mol. The Morgan fingerprint density at radius 3 is 1.12 bits per heavy atom. The molecule has 8 nitrogen and oxygen atoms in total. The molecule has 2 aromatic carbocycles. The molecule has 0 aromatic heterocycles. The lowest BCUT2D eigenvalue weighted by atomic mass is 9.95. The molecule has 0 saturated carbocycles. The number of carbonyl (C=O) groups excluding carboxylic acids is 2. The summed E-state index contributed by atoms with van der Waals surface area (Å²) in [5.41, 5.74) is -0.555. The van der Waals surface area contributed by atoms with Crippen molar-refractivity contribution >= 4 is 34.5 Å². The molecule has 2 rings (SSSR count). The number of carboxylic acids is 2. The Balaban J connectivity index is 2.86. The van der Waals surface area contributed by atoms with E-state index in [1.165, 1.54) is 62.3 Å². The van der Waals surface area contributed by atoms with Gasteiger partial charge >= 0.3 is 11.9 Å². The number of rotatable bonds is 4. The quantitative estimate of drug-likeness (QED) is 0.858. The molecule has 0 fully saturated rings. The average molecular weight is 358 g/mol. The van der Waals surface area contributed by atoms with Crippen molar-refractivity contribution < 1.29 is 29.4 Å². The highest BCUT2D eigenvalue weighted by Crippen LogP contribution is 2.26. The summed E-state index contributed by atoms with van der Waals surface area (Å²) in [4.78, 5) is 50.1. The highest BCUT2D eigenvalue weighted by Gasteiger charge is 2.23. The zero-order valence-electron chi connectivity index (χ0n) is 14.7. The van der Waals surface area contributed by atoms with Crippen molar-refractivity contribution in [2.45, 2.75) is 0 Å². The topological polar surface area (TPSA) is 115 Å². The molecule has 136 valence electrons. The van der Waals surface area contributed by atoms with Crippen LogP contribution >= 0.6 is 0 Å². The van der Waals surface area contributed by atoms with Crippen LogP contribution in [0.2, 0.25) is 0 Å². The molecule has 26 heavy (non-hydrogen) atoms. The standard InChI is InChI=1S/C18H18N2O6/c1-19(2)15(21)11-5-9-8-14(18(25)26)12(16(22)20(3)4)6-10(9)7-13(11)17(23)24/h5-8H,1-4H3,(H,23,24)(H,25,26). The Kier molecular flexibility index (Phi) is 4.97. The summed E-state index contributed by atoms with van der Waals surface area (Å²) in [5.74, 6) is -3.62. The minimum absolute atomic E-state index is 0.0574. The number of hydrogen-bond donors (Lipinski definition) is 2. The number of nitrogens with zero attached hydrogens (tertiary/aromatic N) is 2. The van der Waals surface area contributed by atoms with Crippen molar-refractivity contribution in [3.8, 4) is 0 Å². The lowest BCUT2D eigenvalue weighted by molar-refractivity contribution is 0.0678. The van der Waals surface area contributed by atoms with E-state index in [-0.39, 0.29) is 22.3 Å². The summed E-state index contributed by atoms with van der Waals surface area (Å²) in [5, 5.41) is 19.6. The van der Waals surface area contributed by atoms with Gasteiger partial charge in [0.25, 0.3) is 11.8 Å². The molecule has 2 amide bonds. The van der Waals surface area contributed by atoms with Crippen LogP contribution in [0.1, 0.15) is 41.4 Å². The number of fused-ring (bicyclic) bond motifs is 1. The smallest absolute Gasteiger partial charge is 0.336 e. The van der Waals surface area contributed by atoms with Gasteiger partial charge in [-0.2, -0.15) is 0 Å². The van der Waals surface area contributed by atoms with Gasteiger partial charge in [-0.25, -0.2) is 9.59 Å². The fourth-order valence-corrected chi connectivity index (χ4v) is 2.54. The van der Waals surface area contributed by atoms with Crippen LogP contribution in [-0.4, -0.2) is 72.0 Å². The minimum Gasteiger partial charge on any atom is -0.478 e. The lowest BCUT2D eigenvalue weighted by Crippen LogP contribution is -2.25. The van der Waals surface area contributed by atoms with Gasteiger partial charge in [-0.05, 0) is 35.0 Å². The van der Waals surface area contributed by atoms with Gasteiger partial charge in [-0.1, -0.05) is 0 Å². The van der Waals surface area contributed by atoms with E-state index in [2.05, 4.69) is 0 Å². The van der Waals surface area contributed by atoms with Crippen molar-refractivity contribution in [1.82, 2.24) is 9.80 Å². The lowest BCUT2D eigenvalue weighted by Gasteiger charge is -2.16. The number of carbonyl (C=O) groups is 4. The molecule has 0 unspecified atom stereocenters. The second-order valence-electron chi connectivity index (χ2n) is 6.15. The van der Waals surface area contributed by atoms with Gasteiger partial charge in [0.05, 0.1) is 22.3 Å². The number of benzene rings is 2. The average Bonchev–Trinajstić information content (AvgIpc) is 2.57. The summed E-state index contributed by atoms with van der Waals surface area (Å²) < 4.78 is 0. The highest BCUT2D eigenvalue weighted by molar-refractivity contribution is 6.12. The van der Waals surface area contributed by atoms with E-state index in [1.807, 2.05) is 0 Å². The minimum atomic E-state index is -1.29. The van der Waals surface area contributed by atoms with Crippen LogP contribution in [0.25, 0.3) is 10.8 Å². The van der Waals surface area contributed by atoms with Crippen molar-refractivity contribution in [1.29, 1.82) is 0 Å². The largest absolute Gasteiger partial charge is 0.478 e. The number of aromatic carboxylic acids is 2. The Hall–Kier alpha value is -3.42. The van der Waals surface area contributed by atoms with Crippen LogP contribution in [0.15, 0.2) is 24.3 Å². The number of amides is 2. The van der Waals surface area contributed by atoms with Crippen LogP contribution in [-0.2, 0) is 0 Å². The molecule has 0 spiro atoms. The van der Waals surface area contributed by atoms with Crippen molar-refractivity contribution in [2.24, 2.45) is 0 Å². The van der Waals surface area contributed by atoms with E-state index in [1.54, 1.807) is 0 Å². The number of hydrogen-bond acceptors (Lipinski definition) is 4. The third kappa shape index (κ3) is 3.34. The second kappa shape index (κ2) is 6.83. The van der Waals surface area contributed by atoms with Crippen LogP contribution in [0.5, 0.6) is 0 Å². The normalized spacial score (nSPS) is 10.5. The van der Waals surface area contributed by atoms with Crippen LogP contribution in [0.3, 0.4) is 0 Å². The van der Waals surface area contributed by atoms with Gasteiger partial charge in [0.1, 0.15) is 0 Å². The third-order valence-corrected chi connectivity index (χ3v) is 3.85. The molecule has 0 heterocycles. The SMILES string of the molecule is CN(C)C(=O)c1cc2cc(C(=O)O)c(C(=O)N(C)C)cc2cc1C(=O)O. The third-order valence-electron chi connectivity index (χ3n) is 3.85. The molecule has 0 aliphatic carbocycles. The Labute approximate surface area is 149 Å². The van der Waals surface area contributed by atoms with Crippen molar-refractivity contribution in [3.05, 3.63) is 46.5 Å². The molecular formula is C18H18N2O6. The first-order valence-corrected chi connectivity index (χ1v) is 7.56. The second-order valence-corrected chi connectivity index (χ2v) is 6.15. The maximum absolute atomic E-state index is 12.3. The first kappa shape index (κ1) is 18.9. The highest BCUT2D eigenvalue weighted by atomic mass is 16.4. The predicted octanol–water partition coefficient (Wildman–Crippen LogP) is 1.64. The molecule has 0 bridgehead atoms. The maximum Gasteiger partial charge on any atom is 0.336 e. The van der Waals surface area contributed by atoms with Gasteiger partial charge < -0.3 is 20.0 Å². The fraction of sp³-hybridized carbons (Fsp3) is 0.222. The van der Waals surface area contributed by atoms with E-state index in [0.29, 0.717) is 10.8 Å². The van der Waals surface area contributed by atoms with Crippen LogP contribution in [0.4, 0.5) is 0 Å². The van der Waals surface area contributed by atoms with Gasteiger partial charge in [0.2, 0.25) is 0 Å². The summed E-state index contributed by atoms with van der Waals surface area (Å²) in [6, 6.07) is 5.20. The Morgan fingerprint density at radius 2 is 0.885 bits per heavy atom. The van der Waals surface area contributed by atoms with Gasteiger partial charge in [0.15, 0.2) is 0 Å². The van der Waals surface area contributed by atoms with Crippen LogP contribution in [0, 0.1) is 0 Å². The van der Waals surface area contributed by atoms with Gasteiger partial charge in [-0.3, -0.25) is 9.59 Å². The Morgan fingerprint density at radius 1 is 0.615 bits per heavy atom. The molecule has 0 saturated heterocycles. The molecule has 0 aliphatic rings. The molecule has 0 atom stereocenters. The first-order valence-electron chi connectivity index (χ1n) is 7.56. The van der Waals surface area contributed by atoms with E-state index in [4.69, 9.17) is 0 Å². The molecule has 2 N–H and O–H groups in total. The number of carboxylic acid groups (broad SMARTS) is 2. The summed E-state index contributed by atoms with van der Waals surface area (Å²) in [6.45, 7) is 0. The van der Waals surface area contributed by atoms with E-state index in [0.717, 1.165) is 0 Å². The van der Waals surface area contributed by atoms with Crippen molar-refractivity contribution in [3.63, 3.8) is 0 Å². The molecular weight excluding hydrogens is 340 g/mol. The zero-order valence-corrected chi connectivity index (χ0v) is 14.7. The van der Waals surface area contributed by atoms with E-state index < -0.39 is 23.8 Å². The first-order chi connectivity index (χ1) is 12.0. The van der Waals surface area contributed by atoms with E-state index >= 15 is 0 Å². The van der Waals surface area contributed by atoms with Crippen molar-refractivity contribution in [2.75, 3.05) is 28.2 Å². The molecule has 2 aromatic rings. The maximum atomic E-state index is 12.3. The van der Waals surface area contributed by atoms with E-state index in [9.17, 15) is 29.4 Å². The predicted molar refractivity (Wildman–Crippen MR) is 93.9 cm³/mol. The summed E-state index contributed by atoms with van der Waals surface area (Å²) in [6.07, 6.45) is 0.